The highest BCUT2D eigenvalue weighted by Crippen LogP contribution is 2.34. The first-order valence-electron chi connectivity index (χ1n) is 6.76. The molecule has 0 unspecified atom stereocenters. The van der Waals surface area contributed by atoms with E-state index in [-0.39, 0.29) is 5.54 Å². The van der Waals surface area contributed by atoms with Crippen molar-refractivity contribution in [2.45, 2.75) is 26.3 Å². The molecule has 0 bridgehead atoms. The first kappa shape index (κ1) is 13.9. The number of hydrogen-bond acceptors (Lipinski definition) is 3. The largest absolute Gasteiger partial charge is 0.398 e. The molecule has 108 valence electrons. The summed E-state index contributed by atoms with van der Waals surface area (Å²) in [6, 6.07) is 7.42. The number of nitrogens with zero attached hydrogens (tertiary/aromatic N) is 3. The molecule has 2 N–H and O–H groups in total. The monoisotopic (exact) mass is 300 g/mol. The van der Waals surface area contributed by atoms with Crippen LogP contribution in [-0.4, -0.2) is 14.5 Å². The molecule has 3 rings (SSSR count). The lowest BCUT2D eigenvalue weighted by Gasteiger charge is -2.25. The van der Waals surface area contributed by atoms with E-state index in [1.165, 1.54) is 0 Å². The number of rotatable bonds is 1. The van der Waals surface area contributed by atoms with Gasteiger partial charge in [0.05, 0.1) is 11.7 Å². The second kappa shape index (κ2) is 4.74. The number of benzene rings is 1. The van der Waals surface area contributed by atoms with Gasteiger partial charge in [0, 0.05) is 28.0 Å². The van der Waals surface area contributed by atoms with Crippen molar-refractivity contribution in [3.8, 4) is 11.4 Å². The number of hydrogen-bond donors (Lipinski definition) is 1. The lowest BCUT2D eigenvalue weighted by atomic mass is 10.1. The summed E-state index contributed by atoms with van der Waals surface area (Å²) < 4.78 is 2.17. The van der Waals surface area contributed by atoms with E-state index in [4.69, 9.17) is 22.3 Å². The molecular weight excluding hydrogens is 284 g/mol. The van der Waals surface area contributed by atoms with Gasteiger partial charge < -0.3 is 10.3 Å². The molecule has 0 aliphatic rings. The standard InChI is InChI=1S/C16H17ClN4/c1-16(2,3)21-14-6-7-19-9-13(14)20-15(21)11-8-10(17)4-5-12(11)18/h4-9H,18H2,1-3H3. The molecule has 0 amide bonds. The van der Waals surface area contributed by atoms with Crippen LogP contribution >= 0.6 is 11.6 Å². The summed E-state index contributed by atoms with van der Waals surface area (Å²) >= 11 is 6.13. The minimum Gasteiger partial charge on any atom is -0.398 e. The molecular formula is C16H17ClN4. The number of aromatic nitrogens is 3. The van der Waals surface area contributed by atoms with E-state index in [9.17, 15) is 0 Å². The highest BCUT2D eigenvalue weighted by molar-refractivity contribution is 6.31. The summed E-state index contributed by atoms with van der Waals surface area (Å²) in [5.41, 5.74) is 9.37. The van der Waals surface area contributed by atoms with Crippen LogP contribution in [0.15, 0.2) is 36.7 Å². The molecule has 0 aliphatic heterocycles. The fraction of sp³-hybridized carbons (Fsp3) is 0.250. The molecule has 21 heavy (non-hydrogen) atoms. The number of pyridine rings is 1. The van der Waals surface area contributed by atoms with Crippen LogP contribution in [0, 0.1) is 0 Å². The second-order valence-corrected chi connectivity index (χ2v) is 6.47. The predicted molar refractivity (Wildman–Crippen MR) is 87.4 cm³/mol. The topological polar surface area (TPSA) is 56.7 Å². The number of fused-ring (bicyclic) bond motifs is 1. The van der Waals surface area contributed by atoms with Crippen LogP contribution in [0.1, 0.15) is 20.8 Å². The number of halogens is 1. The Morgan fingerprint density at radius 3 is 2.67 bits per heavy atom. The number of nitrogens with two attached hydrogens (primary N) is 1. The lowest BCUT2D eigenvalue weighted by Crippen LogP contribution is -2.22. The Labute approximate surface area is 128 Å². The van der Waals surface area contributed by atoms with Crippen LogP contribution in [0.3, 0.4) is 0 Å². The van der Waals surface area contributed by atoms with Crippen LogP contribution in [0.5, 0.6) is 0 Å². The fourth-order valence-corrected chi connectivity index (χ4v) is 2.69. The van der Waals surface area contributed by atoms with Gasteiger partial charge in [-0.05, 0) is 45.0 Å². The van der Waals surface area contributed by atoms with Crippen molar-refractivity contribution in [3.63, 3.8) is 0 Å². The fourth-order valence-electron chi connectivity index (χ4n) is 2.51. The van der Waals surface area contributed by atoms with Gasteiger partial charge in [0.2, 0.25) is 0 Å². The van der Waals surface area contributed by atoms with Gasteiger partial charge >= 0.3 is 0 Å². The third kappa shape index (κ3) is 2.36. The maximum atomic E-state index is 6.13. The minimum atomic E-state index is -0.139. The Hall–Kier alpha value is -2.07. The maximum absolute atomic E-state index is 6.13. The molecule has 2 heterocycles. The highest BCUT2D eigenvalue weighted by Gasteiger charge is 2.23. The van der Waals surface area contributed by atoms with E-state index in [1.54, 1.807) is 18.5 Å². The van der Waals surface area contributed by atoms with Crippen LogP contribution in [-0.2, 0) is 5.54 Å². The van der Waals surface area contributed by atoms with Gasteiger partial charge in [0.1, 0.15) is 11.3 Å². The van der Waals surface area contributed by atoms with Crippen molar-refractivity contribution in [1.82, 2.24) is 14.5 Å². The third-order valence-electron chi connectivity index (χ3n) is 3.38. The Morgan fingerprint density at radius 1 is 1.19 bits per heavy atom. The molecule has 3 aromatic rings. The van der Waals surface area contributed by atoms with Gasteiger partial charge in [-0.25, -0.2) is 4.98 Å². The van der Waals surface area contributed by atoms with E-state index >= 15 is 0 Å². The SMILES string of the molecule is CC(C)(C)n1c(-c2cc(Cl)ccc2N)nc2cnccc21. The van der Waals surface area contributed by atoms with Crippen molar-refractivity contribution < 1.29 is 0 Å². The molecule has 0 atom stereocenters. The van der Waals surface area contributed by atoms with Crippen LogP contribution in [0.4, 0.5) is 5.69 Å². The average Bonchev–Trinajstić information content (AvgIpc) is 2.80. The molecule has 1 aromatic carbocycles. The zero-order valence-corrected chi connectivity index (χ0v) is 13.0. The third-order valence-corrected chi connectivity index (χ3v) is 3.62. The van der Waals surface area contributed by atoms with Gasteiger partial charge in [-0.3, -0.25) is 4.98 Å². The summed E-state index contributed by atoms with van der Waals surface area (Å²) in [4.78, 5) is 8.86. The quantitative estimate of drug-likeness (QED) is 0.689. The molecule has 0 saturated carbocycles. The molecule has 0 fully saturated rings. The molecule has 0 radical (unpaired) electrons. The van der Waals surface area contributed by atoms with E-state index in [2.05, 4.69) is 30.3 Å². The van der Waals surface area contributed by atoms with Crippen LogP contribution in [0.2, 0.25) is 5.02 Å². The van der Waals surface area contributed by atoms with E-state index in [1.807, 2.05) is 18.2 Å². The number of imidazole rings is 1. The Bertz CT molecular complexity index is 815. The normalized spacial score (nSPS) is 12.0. The first-order chi connectivity index (χ1) is 9.88. The van der Waals surface area contributed by atoms with E-state index in [0.29, 0.717) is 10.7 Å². The molecule has 0 aliphatic carbocycles. The molecule has 0 spiro atoms. The Kier molecular flexibility index (Phi) is 3.14. The first-order valence-corrected chi connectivity index (χ1v) is 7.14. The Balaban J connectivity index is 2.39. The summed E-state index contributed by atoms with van der Waals surface area (Å²) in [7, 11) is 0. The smallest absolute Gasteiger partial charge is 0.143 e. The van der Waals surface area contributed by atoms with Gasteiger partial charge in [-0.15, -0.1) is 0 Å². The second-order valence-electron chi connectivity index (χ2n) is 6.04. The van der Waals surface area contributed by atoms with Crippen LogP contribution < -0.4 is 5.73 Å². The minimum absolute atomic E-state index is 0.139. The van der Waals surface area contributed by atoms with Gasteiger partial charge in [0.25, 0.3) is 0 Å². The molecule has 0 saturated heterocycles. The zero-order chi connectivity index (χ0) is 15.2. The van der Waals surface area contributed by atoms with E-state index in [0.717, 1.165) is 22.4 Å². The van der Waals surface area contributed by atoms with Crippen LogP contribution in [0.25, 0.3) is 22.4 Å². The summed E-state index contributed by atoms with van der Waals surface area (Å²) in [6.07, 6.45) is 3.54. The summed E-state index contributed by atoms with van der Waals surface area (Å²) in [6.45, 7) is 6.41. The van der Waals surface area contributed by atoms with Crippen molar-refractivity contribution in [1.29, 1.82) is 0 Å². The zero-order valence-electron chi connectivity index (χ0n) is 12.3. The van der Waals surface area contributed by atoms with Crippen molar-refractivity contribution in [2.75, 3.05) is 5.73 Å². The maximum Gasteiger partial charge on any atom is 0.143 e. The lowest BCUT2D eigenvalue weighted by molar-refractivity contribution is 0.413. The molecule has 5 heteroatoms. The molecule has 4 nitrogen and oxygen atoms in total. The highest BCUT2D eigenvalue weighted by atomic mass is 35.5. The average molecular weight is 301 g/mol. The van der Waals surface area contributed by atoms with Gasteiger partial charge in [0.15, 0.2) is 0 Å². The predicted octanol–water partition coefficient (Wildman–Crippen LogP) is 4.09. The number of anilines is 1. The van der Waals surface area contributed by atoms with E-state index < -0.39 is 0 Å². The van der Waals surface area contributed by atoms with Gasteiger partial charge in [-0.2, -0.15) is 0 Å². The Morgan fingerprint density at radius 2 is 1.95 bits per heavy atom. The summed E-state index contributed by atoms with van der Waals surface area (Å²) in [5.74, 6) is 0.811. The molecule has 2 aromatic heterocycles. The number of nitrogen functional groups attached to an aromatic ring is 1. The van der Waals surface area contributed by atoms with Crippen molar-refractivity contribution in [3.05, 3.63) is 41.7 Å². The van der Waals surface area contributed by atoms with Crippen molar-refractivity contribution >= 4 is 28.3 Å². The summed E-state index contributed by atoms with van der Waals surface area (Å²) in [5, 5.41) is 0.643. The van der Waals surface area contributed by atoms with Gasteiger partial charge in [-0.1, -0.05) is 11.6 Å². The van der Waals surface area contributed by atoms with Crippen molar-refractivity contribution in [2.24, 2.45) is 0 Å².